The molecule has 0 saturated carbocycles. The Kier molecular flexibility index (Phi) is 2.67. The fourth-order valence-corrected chi connectivity index (χ4v) is 3.65. The number of carbonyl (C=O) groups is 1. The average molecular weight is 266 g/mol. The normalized spacial score (nSPS) is 24.4. The molecule has 2 heteroatoms. The van der Waals surface area contributed by atoms with E-state index in [9.17, 15) is 4.79 Å². The molecule has 0 bridgehead atoms. The van der Waals surface area contributed by atoms with Gasteiger partial charge in [0.2, 0.25) is 0 Å². The number of benzene rings is 2. The minimum Gasteiger partial charge on any atom is -0.370 e. The van der Waals surface area contributed by atoms with E-state index in [2.05, 4.69) is 31.2 Å². The molecule has 2 aromatic carbocycles. The number of ketones is 1. The van der Waals surface area contributed by atoms with Crippen molar-refractivity contribution in [1.29, 1.82) is 0 Å². The Morgan fingerprint density at radius 1 is 1.15 bits per heavy atom. The van der Waals surface area contributed by atoms with Crippen molar-refractivity contribution >= 4 is 16.6 Å². The molecule has 0 aromatic heterocycles. The van der Waals surface area contributed by atoms with Crippen LogP contribution in [0.4, 0.5) is 0 Å². The van der Waals surface area contributed by atoms with Crippen molar-refractivity contribution in [2.45, 2.75) is 32.3 Å². The van der Waals surface area contributed by atoms with Gasteiger partial charge in [0.15, 0.2) is 5.78 Å². The standard InChI is InChI=1S/C18H18O2/c1-11-9-10-20-18(11)17(19)15-8-7-13-6-5-12-3-2-4-14(15)16(12)13/h2-4,7-8,11,18H,5-6,9-10H2,1H3. The second-order valence-electron chi connectivity index (χ2n) is 6.03. The fraction of sp³-hybridized carbons (Fsp3) is 0.389. The number of aryl methyl sites for hydroxylation is 2. The predicted molar refractivity (Wildman–Crippen MR) is 79.2 cm³/mol. The number of ether oxygens (including phenoxy) is 1. The van der Waals surface area contributed by atoms with Gasteiger partial charge in [-0.15, -0.1) is 0 Å². The molecule has 0 amide bonds. The number of rotatable bonds is 2. The van der Waals surface area contributed by atoms with Gasteiger partial charge in [0.1, 0.15) is 6.10 Å². The van der Waals surface area contributed by atoms with Gasteiger partial charge in [0.25, 0.3) is 0 Å². The Balaban J connectivity index is 1.87. The highest BCUT2D eigenvalue weighted by molar-refractivity contribution is 6.12. The molecule has 20 heavy (non-hydrogen) atoms. The zero-order valence-corrected chi connectivity index (χ0v) is 11.7. The minimum absolute atomic E-state index is 0.158. The molecule has 0 spiro atoms. The van der Waals surface area contributed by atoms with Gasteiger partial charge >= 0.3 is 0 Å². The van der Waals surface area contributed by atoms with E-state index in [1.54, 1.807) is 0 Å². The molecule has 1 aliphatic heterocycles. The van der Waals surface area contributed by atoms with Crippen molar-refractivity contribution in [1.82, 2.24) is 0 Å². The van der Waals surface area contributed by atoms with E-state index < -0.39 is 0 Å². The zero-order valence-electron chi connectivity index (χ0n) is 11.7. The Labute approximate surface area is 118 Å². The van der Waals surface area contributed by atoms with Gasteiger partial charge in [-0.3, -0.25) is 4.79 Å². The van der Waals surface area contributed by atoms with Crippen molar-refractivity contribution in [3.63, 3.8) is 0 Å². The number of hydrogen-bond acceptors (Lipinski definition) is 2. The molecule has 2 atom stereocenters. The third-order valence-corrected chi connectivity index (χ3v) is 4.79. The molecule has 2 unspecified atom stereocenters. The van der Waals surface area contributed by atoms with E-state index in [0.717, 1.165) is 30.2 Å². The summed E-state index contributed by atoms with van der Waals surface area (Å²) >= 11 is 0. The van der Waals surface area contributed by atoms with Gasteiger partial charge in [0, 0.05) is 12.2 Å². The summed E-state index contributed by atoms with van der Waals surface area (Å²) in [5.41, 5.74) is 3.60. The Morgan fingerprint density at radius 2 is 1.95 bits per heavy atom. The van der Waals surface area contributed by atoms with E-state index in [-0.39, 0.29) is 11.9 Å². The molecule has 1 heterocycles. The zero-order chi connectivity index (χ0) is 13.7. The Hall–Kier alpha value is -1.67. The van der Waals surface area contributed by atoms with Crippen LogP contribution in [0.15, 0.2) is 30.3 Å². The predicted octanol–water partition coefficient (Wildman–Crippen LogP) is 3.55. The van der Waals surface area contributed by atoms with Gasteiger partial charge < -0.3 is 4.74 Å². The Bertz CT molecular complexity index is 692. The lowest BCUT2D eigenvalue weighted by molar-refractivity contribution is 0.0581. The van der Waals surface area contributed by atoms with Crippen LogP contribution in [-0.2, 0) is 17.6 Å². The lowest BCUT2D eigenvalue weighted by atomic mass is 9.91. The summed E-state index contributed by atoms with van der Waals surface area (Å²) in [7, 11) is 0. The number of Topliss-reactive ketones (excluding diaryl/α,β-unsaturated/α-hetero) is 1. The van der Waals surface area contributed by atoms with Gasteiger partial charge in [0.05, 0.1) is 0 Å². The fourth-order valence-electron chi connectivity index (χ4n) is 3.65. The molecule has 102 valence electrons. The molecule has 1 fully saturated rings. The van der Waals surface area contributed by atoms with Crippen LogP contribution in [-0.4, -0.2) is 18.5 Å². The topological polar surface area (TPSA) is 26.3 Å². The monoisotopic (exact) mass is 266 g/mol. The minimum atomic E-state index is -0.256. The van der Waals surface area contributed by atoms with Gasteiger partial charge in [-0.05, 0) is 47.1 Å². The van der Waals surface area contributed by atoms with Crippen LogP contribution >= 0.6 is 0 Å². The van der Waals surface area contributed by atoms with Crippen LogP contribution in [0.1, 0.15) is 34.8 Å². The van der Waals surface area contributed by atoms with Gasteiger partial charge in [-0.1, -0.05) is 37.3 Å². The van der Waals surface area contributed by atoms with Crippen molar-refractivity contribution in [3.8, 4) is 0 Å². The Morgan fingerprint density at radius 3 is 2.70 bits per heavy atom. The maximum absolute atomic E-state index is 12.8. The van der Waals surface area contributed by atoms with E-state index in [1.807, 2.05) is 6.07 Å². The summed E-state index contributed by atoms with van der Waals surface area (Å²) in [6.07, 6.45) is 2.92. The molecule has 0 radical (unpaired) electrons. The lowest BCUT2D eigenvalue weighted by Gasteiger charge is -2.15. The lowest BCUT2D eigenvalue weighted by Crippen LogP contribution is -2.25. The van der Waals surface area contributed by atoms with Gasteiger partial charge in [-0.25, -0.2) is 0 Å². The van der Waals surface area contributed by atoms with Crippen molar-refractivity contribution in [2.24, 2.45) is 5.92 Å². The van der Waals surface area contributed by atoms with Crippen LogP contribution in [0.3, 0.4) is 0 Å². The van der Waals surface area contributed by atoms with Crippen LogP contribution in [0, 0.1) is 5.92 Å². The van der Waals surface area contributed by atoms with E-state index in [1.165, 1.54) is 16.5 Å². The van der Waals surface area contributed by atoms with E-state index in [4.69, 9.17) is 4.74 Å². The molecule has 1 aliphatic carbocycles. The van der Waals surface area contributed by atoms with E-state index in [0.29, 0.717) is 12.5 Å². The molecule has 1 saturated heterocycles. The second-order valence-corrected chi connectivity index (χ2v) is 6.03. The molecule has 0 N–H and O–H groups in total. The van der Waals surface area contributed by atoms with E-state index >= 15 is 0 Å². The third-order valence-electron chi connectivity index (χ3n) is 4.79. The molecule has 2 nitrogen and oxygen atoms in total. The summed E-state index contributed by atoms with van der Waals surface area (Å²) < 4.78 is 5.66. The first kappa shape index (κ1) is 12.1. The van der Waals surface area contributed by atoms with Crippen LogP contribution in [0.25, 0.3) is 10.8 Å². The van der Waals surface area contributed by atoms with Crippen molar-refractivity contribution < 1.29 is 9.53 Å². The van der Waals surface area contributed by atoms with Crippen LogP contribution in [0.5, 0.6) is 0 Å². The number of carbonyl (C=O) groups excluding carboxylic acids is 1. The first-order valence-electron chi connectivity index (χ1n) is 7.45. The van der Waals surface area contributed by atoms with Crippen molar-refractivity contribution in [2.75, 3.05) is 6.61 Å². The first-order valence-corrected chi connectivity index (χ1v) is 7.45. The molecular weight excluding hydrogens is 248 g/mol. The molecule has 2 aromatic rings. The quantitative estimate of drug-likeness (QED) is 0.777. The maximum atomic E-state index is 12.8. The van der Waals surface area contributed by atoms with Crippen LogP contribution in [0.2, 0.25) is 0 Å². The average Bonchev–Trinajstić information content (AvgIpc) is 3.07. The first-order chi connectivity index (χ1) is 9.75. The highest BCUT2D eigenvalue weighted by atomic mass is 16.5. The molecule has 2 aliphatic rings. The highest BCUT2D eigenvalue weighted by Gasteiger charge is 2.32. The smallest absolute Gasteiger partial charge is 0.192 e. The summed E-state index contributed by atoms with van der Waals surface area (Å²) in [5, 5.41) is 2.43. The summed E-state index contributed by atoms with van der Waals surface area (Å²) in [4.78, 5) is 12.8. The highest BCUT2D eigenvalue weighted by Crippen LogP contribution is 2.34. The summed E-state index contributed by atoms with van der Waals surface area (Å²) in [6.45, 7) is 2.81. The summed E-state index contributed by atoms with van der Waals surface area (Å²) in [6, 6.07) is 10.5. The molecular formula is C18H18O2. The summed E-state index contributed by atoms with van der Waals surface area (Å²) in [5.74, 6) is 0.483. The number of hydrogen-bond donors (Lipinski definition) is 0. The van der Waals surface area contributed by atoms with Crippen molar-refractivity contribution in [3.05, 3.63) is 47.0 Å². The maximum Gasteiger partial charge on any atom is 0.192 e. The second kappa shape index (κ2) is 4.42. The largest absolute Gasteiger partial charge is 0.370 e. The van der Waals surface area contributed by atoms with Crippen LogP contribution < -0.4 is 0 Å². The SMILES string of the molecule is CC1CCOC1C(=O)c1ccc2c3c(cccc13)CC2. The van der Waals surface area contributed by atoms with Gasteiger partial charge in [-0.2, -0.15) is 0 Å². The third kappa shape index (κ3) is 1.64. The molecule has 4 rings (SSSR count).